The first kappa shape index (κ1) is 18.7. The number of halogens is 1. The summed E-state index contributed by atoms with van der Waals surface area (Å²) in [5.74, 6) is 0.488. The number of methoxy groups -OCH3 is 2. The number of nitrogens with zero attached hydrogens (tertiary/aromatic N) is 1. The first-order chi connectivity index (χ1) is 13.1. The average molecular weight is 383 g/mol. The first-order valence-corrected chi connectivity index (χ1v) is 8.70. The van der Waals surface area contributed by atoms with Crippen molar-refractivity contribution in [3.05, 3.63) is 88.7 Å². The van der Waals surface area contributed by atoms with Gasteiger partial charge in [0.05, 0.1) is 31.0 Å². The SMILES string of the molecule is COc1cc(C(=O)NC(c2ccccc2)c2ccccn2)cc(Cl)c1OC. The Hall–Kier alpha value is -3.05. The molecular formula is C21H19ClN2O3. The molecule has 1 N–H and O–H groups in total. The number of pyridine rings is 1. The maximum Gasteiger partial charge on any atom is 0.252 e. The minimum absolute atomic E-state index is 0.294. The van der Waals surface area contributed by atoms with Crippen molar-refractivity contribution in [3.8, 4) is 11.5 Å². The van der Waals surface area contributed by atoms with E-state index in [0.29, 0.717) is 22.1 Å². The number of carbonyl (C=O) groups is 1. The van der Waals surface area contributed by atoms with Gasteiger partial charge in [-0.2, -0.15) is 0 Å². The van der Waals surface area contributed by atoms with Gasteiger partial charge in [0.15, 0.2) is 11.5 Å². The lowest BCUT2D eigenvalue weighted by Crippen LogP contribution is -2.30. The Bertz CT molecular complexity index is 878. The van der Waals surface area contributed by atoms with Gasteiger partial charge in [-0.3, -0.25) is 9.78 Å². The number of nitrogens with one attached hydrogen (secondary N) is 1. The van der Waals surface area contributed by atoms with Crippen LogP contribution < -0.4 is 14.8 Å². The molecule has 3 aromatic rings. The minimum Gasteiger partial charge on any atom is -0.493 e. The summed E-state index contributed by atoms with van der Waals surface area (Å²) >= 11 is 6.23. The lowest BCUT2D eigenvalue weighted by molar-refractivity contribution is 0.0942. The van der Waals surface area contributed by atoms with E-state index < -0.39 is 6.04 Å². The van der Waals surface area contributed by atoms with E-state index in [-0.39, 0.29) is 5.91 Å². The lowest BCUT2D eigenvalue weighted by atomic mass is 10.0. The quantitative estimate of drug-likeness (QED) is 0.691. The van der Waals surface area contributed by atoms with Gasteiger partial charge in [0.2, 0.25) is 0 Å². The van der Waals surface area contributed by atoms with Crippen LogP contribution in [0.25, 0.3) is 0 Å². The van der Waals surface area contributed by atoms with E-state index in [2.05, 4.69) is 10.3 Å². The summed E-state index contributed by atoms with van der Waals surface area (Å²) in [6.45, 7) is 0. The van der Waals surface area contributed by atoms with Gasteiger partial charge in [-0.1, -0.05) is 48.0 Å². The molecule has 0 fully saturated rings. The summed E-state index contributed by atoms with van der Waals surface area (Å²) < 4.78 is 10.5. The van der Waals surface area contributed by atoms with E-state index in [1.165, 1.54) is 14.2 Å². The highest BCUT2D eigenvalue weighted by Gasteiger charge is 2.21. The first-order valence-electron chi connectivity index (χ1n) is 8.32. The molecular weight excluding hydrogens is 364 g/mol. The van der Waals surface area contributed by atoms with Gasteiger partial charge in [-0.05, 0) is 29.8 Å². The van der Waals surface area contributed by atoms with Gasteiger partial charge in [0.25, 0.3) is 5.91 Å². The van der Waals surface area contributed by atoms with Gasteiger partial charge in [0.1, 0.15) is 0 Å². The Balaban J connectivity index is 1.95. The van der Waals surface area contributed by atoms with Crippen molar-refractivity contribution in [2.75, 3.05) is 14.2 Å². The third-order valence-corrected chi connectivity index (χ3v) is 4.37. The van der Waals surface area contributed by atoms with Crippen LogP contribution in [0.15, 0.2) is 66.9 Å². The van der Waals surface area contributed by atoms with Crippen LogP contribution in [0.4, 0.5) is 0 Å². The van der Waals surface area contributed by atoms with Gasteiger partial charge in [-0.15, -0.1) is 0 Å². The zero-order chi connectivity index (χ0) is 19.2. The fourth-order valence-corrected chi connectivity index (χ4v) is 3.07. The largest absolute Gasteiger partial charge is 0.493 e. The molecule has 0 radical (unpaired) electrons. The minimum atomic E-state index is -0.397. The second-order valence-corrected chi connectivity index (χ2v) is 6.17. The van der Waals surface area contributed by atoms with Crippen LogP contribution in [-0.2, 0) is 0 Å². The van der Waals surface area contributed by atoms with Crippen LogP contribution in [0.3, 0.4) is 0 Å². The maximum atomic E-state index is 12.9. The number of benzene rings is 2. The van der Waals surface area contributed by atoms with Crippen molar-refractivity contribution in [1.82, 2.24) is 10.3 Å². The van der Waals surface area contributed by atoms with Crippen molar-refractivity contribution in [1.29, 1.82) is 0 Å². The van der Waals surface area contributed by atoms with Gasteiger partial charge >= 0.3 is 0 Å². The number of ether oxygens (including phenoxy) is 2. The van der Waals surface area contributed by atoms with Crippen LogP contribution in [0, 0.1) is 0 Å². The summed E-state index contributed by atoms with van der Waals surface area (Å²) in [7, 11) is 2.99. The van der Waals surface area contributed by atoms with E-state index in [4.69, 9.17) is 21.1 Å². The number of aromatic nitrogens is 1. The van der Waals surface area contributed by atoms with E-state index in [0.717, 1.165) is 11.3 Å². The average Bonchev–Trinajstić information content (AvgIpc) is 2.72. The molecule has 5 nitrogen and oxygen atoms in total. The summed E-state index contributed by atoms with van der Waals surface area (Å²) in [4.78, 5) is 17.3. The predicted molar refractivity (Wildman–Crippen MR) is 105 cm³/mol. The topological polar surface area (TPSA) is 60.5 Å². The van der Waals surface area contributed by atoms with E-state index in [1.54, 1.807) is 18.3 Å². The van der Waals surface area contributed by atoms with Crippen molar-refractivity contribution < 1.29 is 14.3 Å². The number of hydrogen-bond donors (Lipinski definition) is 1. The number of amides is 1. The van der Waals surface area contributed by atoms with Crippen LogP contribution in [0.2, 0.25) is 5.02 Å². The highest BCUT2D eigenvalue weighted by molar-refractivity contribution is 6.32. The van der Waals surface area contributed by atoms with Crippen LogP contribution in [0.5, 0.6) is 11.5 Å². The summed E-state index contributed by atoms with van der Waals surface area (Å²) in [6.07, 6.45) is 1.70. The Morgan fingerprint density at radius 1 is 1.04 bits per heavy atom. The molecule has 6 heteroatoms. The molecule has 1 aromatic heterocycles. The van der Waals surface area contributed by atoms with Crippen LogP contribution in [0.1, 0.15) is 27.7 Å². The Labute approximate surface area is 162 Å². The number of hydrogen-bond acceptors (Lipinski definition) is 4. The molecule has 1 atom stereocenters. The second-order valence-electron chi connectivity index (χ2n) is 5.77. The molecule has 27 heavy (non-hydrogen) atoms. The van der Waals surface area contributed by atoms with E-state index >= 15 is 0 Å². The van der Waals surface area contributed by atoms with Crippen molar-refractivity contribution in [2.45, 2.75) is 6.04 Å². The molecule has 1 amide bonds. The van der Waals surface area contributed by atoms with Crippen LogP contribution in [-0.4, -0.2) is 25.1 Å². The fraction of sp³-hybridized carbons (Fsp3) is 0.143. The predicted octanol–water partition coefficient (Wildman–Crippen LogP) is 4.27. The summed E-state index contributed by atoms with van der Waals surface area (Å²) in [6, 6.07) is 18.0. The third-order valence-electron chi connectivity index (χ3n) is 4.09. The van der Waals surface area contributed by atoms with Crippen molar-refractivity contribution in [2.24, 2.45) is 0 Å². The molecule has 1 heterocycles. The highest BCUT2D eigenvalue weighted by atomic mass is 35.5. The number of carbonyl (C=O) groups excluding carboxylic acids is 1. The van der Waals surface area contributed by atoms with E-state index in [9.17, 15) is 4.79 Å². The number of rotatable bonds is 6. The molecule has 0 aliphatic heterocycles. The van der Waals surface area contributed by atoms with Crippen LogP contribution >= 0.6 is 11.6 Å². The zero-order valence-electron chi connectivity index (χ0n) is 15.0. The molecule has 3 rings (SSSR count). The van der Waals surface area contributed by atoms with Gasteiger partial charge in [0, 0.05) is 11.8 Å². The van der Waals surface area contributed by atoms with E-state index in [1.807, 2.05) is 48.5 Å². The Morgan fingerprint density at radius 2 is 1.78 bits per heavy atom. The lowest BCUT2D eigenvalue weighted by Gasteiger charge is -2.19. The second kappa shape index (κ2) is 8.56. The van der Waals surface area contributed by atoms with Gasteiger partial charge < -0.3 is 14.8 Å². The van der Waals surface area contributed by atoms with Crippen molar-refractivity contribution in [3.63, 3.8) is 0 Å². The zero-order valence-corrected chi connectivity index (χ0v) is 15.7. The summed E-state index contributed by atoms with van der Waals surface area (Å²) in [5.41, 5.74) is 2.04. The summed E-state index contributed by atoms with van der Waals surface area (Å²) in [5, 5.41) is 3.33. The molecule has 0 aliphatic rings. The fourth-order valence-electron chi connectivity index (χ4n) is 2.78. The smallest absolute Gasteiger partial charge is 0.252 e. The Morgan fingerprint density at radius 3 is 2.41 bits per heavy atom. The van der Waals surface area contributed by atoms with Gasteiger partial charge in [-0.25, -0.2) is 0 Å². The molecule has 0 saturated heterocycles. The molecule has 0 saturated carbocycles. The molecule has 1 unspecified atom stereocenters. The maximum absolute atomic E-state index is 12.9. The molecule has 0 aliphatic carbocycles. The third kappa shape index (κ3) is 4.20. The standard InChI is InChI=1S/C21H19ClN2O3/c1-26-18-13-15(12-16(22)20(18)27-2)21(25)24-19(14-8-4-3-5-9-14)17-10-6-7-11-23-17/h3-13,19H,1-2H3,(H,24,25). The highest BCUT2D eigenvalue weighted by Crippen LogP contribution is 2.36. The molecule has 2 aromatic carbocycles. The Kier molecular flexibility index (Phi) is 5.94. The van der Waals surface area contributed by atoms with Crippen molar-refractivity contribution >= 4 is 17.5 Å². The molecule has 0 bridgehead atoms. The monoisotopic (exact) mass is 382 g/mol. The normalized spacial score (nSPS) is 11.5. The molecule has 0 spiro atoms. The molecule has 138 valence electrons.